The lowest BCUT2D eigenvalue weighted by Gasteiger charge is -2.12. The Balaban J connectivity index is 1.45. The molecule has 0 spiro atoms. The van der Waals surface area contributed by atoms with E-state index >= 15 is 0 Å². The zero-order valence-corrected chi connectivity index (χ0v) is 32.2. The van der Waals surface area contributed by atoms with Crippen LogP contribution in [0.2, 0.25) is 0 Å². The van der Waals surface area contributed by atoms with E-state index < -0.39 is 0 Å². The highest BCUT2D eigenvalue weighted by Gasteiger charge is 2.19. The molecular weight excluding hydrogens is 671 g/mol. The second-order valence-electron chi connectivity index (χ2n) is 15.4. The standard InChI is InChI=1S/C50H45N5/c1-28-19-29(2)23-35(22-28)48-41-13-11-39(52-41)47(34-7-9-38(51)10-8-34)40-12-14-42(53-40)49(36-24-30(3)20-31(4)25-36)44-16-18-46(55-44)50(45-17-15-43(48)54-45)37-26-32(5)21-33(6)27-37/h7-27,52-55H,51H2,1-6H3. The number of rotatable bonds is 4. The van der Waals surface area contributed by atoms with Crippen molar-refractivity contribution in [2.24, 2.45) is 0 Å². The molecule has 8 bridgehead atoms. The SMILES string of the molecule is Cc1cc(C)cc(C2=c3ccc([nH]3)=C(c3ccc(N)cc3)c3ccc([nH]3)C(c3cc(C)cc(C)c3)=c3ccc([nH]3)=C(c3cc(C)cc(C)c3)c3ccc2[nH]3)c1. The highest BCUT2D eigenvalue weighted by atomic mass is 14.8. The summed E-state index contributed by atoms with van der Waals surface area (Å²) < 4.78 is 0. The molecule has 5 heterocycles. The summed E-state index contributed by atoms with van der Waals surface area (Å²) in [4.78, 5) is 15.6. The van der Waals surface area contributed by atoms with E-state index in [9.17, 15) is 0 Å². The van der Waals surface area contributed by atoms with E-state index in [-0.39, 0.29) is 0 Å². The molecular formula is C50H45N5. The van der Waals surface area contributed by atoms with Crippen molar-refractivity contribution in [1.82, 2.24) is 19.9 Å². The molecule has 9 rings (SSSR count). The van der Waals surface area contributed by atoms with Gasteiger partial charge in [-0.05, 0) is 124 Å². The van der Waals surface area contributed by atoms with Crippen LogP contribution in [0.5, 0.6) is 0 Å². The Bertz CT molecular complexity index is 2990. The van der Waals surface area contributed by atoms with Gasteiger partial charge in [0.2, 0.25) is 0 Å². The normalized spacial score (nSPS) is 12.8. The molecule has 270 valence electrons. The molecule has 6 N–H and O–H groups in total. The van der Waals surface area contributed by atoms with E-state index in [1.54, 1.807) is 0 Å². The van der Waals surface area contributed by atoms with Crippen LogP contribution in [0.1, 0.15) is 78.4 Å². The van der Waals surface area contributed by atoms with Crippen molar-refractivity contribution in [3.8, 4) is 0 Å². The monoisotopic (exact) mass is 715 g/mol. The van der Waals surface area contributed by atoms with E-state index in [0.717, 1.165) is 94.4 Å². The average Bonchev–Trinajstić information content (AvgIpc) is 3.95. The van der Waals surface area contributed by atoms with Gasteiger partial charge in [0.25, 0.3) is 0 Å². The number of aromatic amines is 4. The number of nitrogen functional groups attached to an aromatic ring is 1. The van der Waals surface area contributed by atoms with Gasteiger partial charge in [0, 0.05) is 72.2 Å². The number of nitrogens with two attached hydrogens (primary N) is 1. The average molecular weight is 716 g/mol. The van der Waals surface area contributed by atoms with Crippen molar-refractivity contribution in [2.45, 2.75) is 41.5 Å². The molecule has 1 aliphatic heterocycles. The van der Waals surface area contributed by atoms with Crippen LogP contribution in [0.4, 0.5) is 5.69 Å². The first-order chi connectivity index (χ1) is 26.6. The van der Waals surface area contributed by atoms with Crippen molar-refractivity contribution in [3.63, 3.8) is 0 Å². The first kappa shape index (κ1) is 34.1. The first-order valence-electron chi connectivity index (χ1n) is 18.9. The van der Waals surface area contributed by atoms with Crippen LogP contribution in [0.3, 0.4) is 0 Å². The molecule has 8 aromatic rings. The third-order valence-corrected chi connectivity index (χ3v) is 10.6. The molecule has 0 atom stereocenters. The summed E-state index contributed by atoms with van der Waals surface area (Å²) in [7, 11) is 0. The smallest absolute Gasteiger partial charge is 0.0485 e. The maximum absolute atomic E-state index is 6.22. The predicted molar refractivity (Wildman–Crippen MR) is 227 cm³/mol. The van der Waals surface area contributed by atoms with E-state index in [1.807, 2.05) is 12.1 Å². The Morgan fingerprint density at radius 1 is 0.291 bits per heavy atom. The Morgan fingerprint density at radius 2 is 0.564 bits per heavy atom. The Morgan fingerprint density at radius 3 is 0.855 bits per heavy atom. The third kappa shape index (κ3) is 6.38. The van der Waals surface area contributed by atoms with Crippen molar-refractivity contribution < 1.29 is 0 Å². The van der Waals surface area contributed by atoms with Crippen LogP contribution in [0.25, 0.3) is 22.3 Å². The summed E-state index contributed by atoms with van der Waals surface area (Å²) in [5, 5.41) is 4.11. The maximum atomic E-state index is 6.22. The number of benzene rings is 4. The molecule has 0 saturated carbocycles. The van der Waals surface area contributed by atoms with Gasteiger partial charge in [-0.3, -0.25) is 0 Å². The van der Waals surface area contributed by atoms with Gasteiger partial charge in [0.05, 0.1) is 0 Å². The molecule has 0 saturated heterocycles. The molecule has 55 heavy (non-hydrogen) atoms. The van der Waals surface area contributed by atoms with Crippen molar-refractivity contribution in [2.75, 3.05) is 5.73 Å². The lowest BCUT2D eigenvalue weighted by Crippen LogP contribution is -2.19. The Labute approximate surface area is 321 Å². The van der Waals surface area contributed by atoms with E-state index in [2.05, 4.69) is 177 Å². The topological polar surface area (TPSA) is 89.2 Å². The van der Waals surface area contributed by atoms with Crippen LogP contribution in [-0.4, -0.2) is 19.9 Å². The van der Waals surface area contributed by atoms with Gasteiger partial charge in [-0.1, -0.05) is 100 Å². The fourth-order valence-electron chi connectivity index (χ4n) is 8.58. The summed E-state index contributed by atoms with van der Waals surface area (Å²) in [6, 6.07) is 46.2. The number of hydrogen-bond acceptors (Lipinski definition) is 1. The van der Waals surface area contributed by atoms with Crippen molar-refractivity contribution in [3.05, 3.63) is 227 Å². The molecule has 0 fully saturated rings. The van der Waals surface area contributed by atoms with E-state index in [1.165, 1.54) is 33.4 Å². The van der Waals surface area contributed by atoms with Crippen molar-refractivity contribution >= 4 is 28.0 Å². The minimum absolute atomic E-state index is 0.731. The quantitative estimate of drug-likeness (QED) is 0.119. The summed E-state index contributed by atoms with van der Waals surface area (Å²) in [6.45, 7) is 13.0. The van der Waals surface area contributed by atoms with Crippen LogP contribution in [0, 0.1) is 41.5 Å². The number of nitrogens with one attached hydrogen (secondary N) is 4. The minimum atomic E-state index is 0.731. The van der Waals surface area contributed by atoms with Crippen LogP contribution in [-0.2, 0) is 0 Å². The summed E-state index contributed by atoms with van der Waals surface area (Å²) >= 11 is 0. The number of aromatic nitrogens is 4. The van der Waals surface area contributed by atoms with Gasteiger partial charge >= 0.3 is 0 Å². The van der Waals surface area contributed by atoms with Gasteiger partial charge in [-0.25, -0.2) is 0 Å². The van der Waals surface area contributed by atoms with Gasteiger partial charge in [-0.15, -0.1) is 0 Å². The highest BCUT2D eigenvalue weighted by Crippen LogP contribution is 2.30. The number of aryl methyl sites for hydroxylation is 6. The molecule has 4 aromatic carbocycles. The lowest BCUT2D eigenvalue weighted by atomic mass is 9.98. The molecule has 5 heteroatoms. The Hall–Kier alpha value is -6.72. The van der Waals surface area contributed by atoms with Crippen LogP contribution < -0.4 is 27.1 Å². The third-order valence-electron chi connectivity index (χ3n) is 10.6. The highest BCUT2D eigenvalue weighted by molar-refractivity contribution is 5.85. The largest absolute Gasteiger partial charge is 0.399 e. The van der Waals surface area contributed by atoms with E-state index in [0.29, 0.717) is 0 Å². The predicted octanol–water partition coefficient (Wildman–Crippen LogP) is 7.73. The Kier molecular flexibility index (Phi) is 8.24. The van der Waals surface area contributed by atoms with Gasteiger partial charge in [-0.2, -0.15) is 0 Å². The molecule has 4 aromatic heterocycles. The maximum Gasteiger partial charge on any atom is 0.0485 e. The zero-order valence-electron chi connectivity index (χ0n) is 32.2. The van der Waals surface area contributed by atoms with Crippen LogP contribution in [0.15, 0.2) is 127 Å². The van der Waals surface area contributed by atoms with Gasteiger partial charge in [0.15, 0.2) is 0 Å². The van der Waals surface area contributed by atoms with Crippen LogP contribution >= 0.6 is 0 Å². The number of hydrogen-bond donors (Lipinski definition) is 5. The molecule has 1 aliphatic rings. The molecule has 0 amide bonds. The number of H-pyrrole nitrogens is 4. The second-order valence-corrected chi connectivity index (χ2v) is 15.4. The second kappa shape index (κ2) is 13.3. The molecule has 0 radical (unpaired) electrons. The zero-order chi connectivity index (χ0) is 38.0. The molecule has 0 unspecified atom stereocenters. The number of anilines is 1. The fourth-order valence-corrected chi connectivity index (χ4v) is 8.58. The van der Waals surface area contributed by atoms with Gasteiger partial charge in [0.1, 0.15) is 0 Å². The molecule has 5 nitrogen and oxygen atoms in total. The summed E-state index contributed by atoms with van der Waals surface area (Å²) in [5.74, 6) is 0. The fraction of sp³-hybridized carbons (Fsp3) is 0.120. The van der Waals surface area contributed by atoms with Crippen molar-refractivity contribution in [1.29, 1.82) is 0 Å². The summed E-state index contributed by atoms with van der Waals surface area (Å²) in [6.07, 6.45) is 0. The van der Waals surface area contributed by atoms with Gasteiger partial charge < -0.3 is 25.7 Å². The minimum Gasteiger partial charge on any atom is -0.399 e. The number of fused-ring (bicyclic) bond motifs is 8. The summed E-state index contributed by atoms with van der Waals surface area (Å²) in [5.41, 5.74) is 27.3. The lowest BCUT2D eigenvalue weighted by molar-refractivity contribution is 1.18. The first-order valence-corrected chi connectivity index (χ1v) is 18.9. The molecule has 0 aliphatic carbocycles. The van der Waals surface area contributed by atoms with E-state index in [4.69, 9.17) is 5.73 Å².